The Balaban J connectivity index is 1.77. The van der Waals surface area contributed by atoms with E-state index in [1.54, 1.807) is 49.4 Å². The molecular formula is C26H21Cl2N3O6S. The van der Waals surface area contributed by atoms with Gasteiger partial charge in [-0.05, 0) is 55.1 Å². The van der Waals surface area contributed by atoms with E-state index in [1.807, 2.05) is 6.92 Å². The van der Waals surface area contributed by atoms with Gasteiger partial charge in [0, 0.05) is 17.1 Å². The van der Waals surface area contributed by atoms with Gasteiger partial charge in [-0.15, -0.1) is 10.2 Å². The van der Waals surface area contributed by atoms with Crippen LogP contribution in [0.25, 0.3) is 10.8 Å². The zero-order chi connectivity index (χ0) is 27.6. The Morgan fingerprint density at radius 3 is 2.39 bits per heavy atom. The summed E-state index contributed by atoms with van der Waals surface area (Å²) in [7, 11) is -4.47. The quantitative estimate of drug-likeness (QED) is 0.155. The lowest BCUT2D eigenvalue weighted by Gasteiger charge is -2.13. The number of nitrogens with zero attached hydrogens (tertiary/aromatic N) is 2. The van der Waals surface area contributed by atoms with Gasteiger partial charge in [0.2, 0.25) is 0 Å². The number of hydrogen-bond donors (Lipinski definition) is 3. The highest BCUT2D eigenvalue weighted by Crippen LogP contribution is 2.41. The summed E-state index contributed by atoms with van der Waals surface area (Å²) >= 11 is 12.3. The number of azo groups is 1. The van der Waals surface area contributed by atoms with Crippen LogP contribution in [0, 0.1) is 6.92 Å². The van der Waals surface area contributed by atoms with Crippen LogP contribution in [-0.2, 0) is 10.1 Å². The van der Waals surface area contributed by atoms with Crippen LogP contribution in [0.1, 0.15) is 22.8 Å². The summed E-state index contributed by atoms with van der Waals surface area (Å²) in [5.74, 6) is -0.634. The zero-order valence-corrected chi connectivity index (χ0v) is 22.4. The molecule has 3 N–H and O–H groups in total. The summed E-state index contributed by atoms with van der Waals surface area (Å²) in [6.45, 7) is 3.74. The van der Waals surface area contributed by atoms with Crippen LogP contribution in [0.15, 0.2) is 75.8 Å². The molecule has 4 aromatic carbocycles. The van der Waals surface area contributed by atoms with Crippen LogP contribution in [0.3, 0.4) is 0 Å². The fourth-order valence-electron chi connectivity index (χ4n) is 3.72. The Morgan fingerprint density at radius 2 is 1.71 bits per heavy atom. The number of carbonyl (C=O) groups excluding carboxylic acids is 1. The fourth-order valence-corrected chi connectivity index (χ4v) is 4.85. The van der Waals surface area contributed by atoms with Gasteiger partial charge in [-0.2, -0.15) is 8.42 Å². The van der Waals surface area contributed by atoms with E-state index in [0.29, 0.717) is 39.4 Å². The topological polar surface area (TPSA) is 138 Å². The van der Waals surface area contributed by atoms with Gasteiger partial charge in [0.05, 0.1) is 27.1 Å². The van der Waals surface area contributed by atoms with Gasteiger partial charge in [0.25, 0.3) is 16.0 Å². The highest BCUT2D eigenvalue weighted by molar-refractivity contribution is 7.85. The van der Waals surface area contributed by atoms with Gasteiger partial charge in [0.15, 0.2) is 5.75 Å². The van der Waals surface area contributed by atoms with Crippen molar-refractivity contribution in [3.8, 4) is 11.5 Å². The molecule has 4 aromatic rings. The van der Waals surface area contributed by atoms with Crippen molar-refractivity contribution in [2.24, 2.45) is 10.2 Å². The number of ether oxygens (including phenoxy) is 1. The number of halogens is 2. The highest BCUT2D eigenvalue weighted by atomic mass is 35.5. The van der Waals surface area contributed by atoms with Crippen LogP contribution in [-0.4, -0.2) is 30.6 Å². The van der Waals surface area contributed by atoms with E-state index >= 15 is 0 Å². The molecule has 12 heteroatoms. The Morgan fingerprint density at radius 1 is 1.00 bits per heavy atom. The van der Waals surface area contributed by atoms with Gasteiger partial charge in [0.1, 0.15) is 17.1 Å². The third kappa shape index (κ3) is 5.73. The lowest BCUT2D eigenvalue weighted by molar-refractivity contribution is 0.102. The second-order valence-electron chi connectivity index (χ2n) is 8.12. The van der Waals surface area contributed by atoms with Crippen molar-refractivity contribution in [1.29, 1.82) is 0 Å². The van der Waals surface area contributed by atoms with Gasteiger partial charge < -0.3 is 15.2 Å². The summed E-state index contributed by atoms with van der Waals surface area (Å²) in [5, 5.41) is 23.5. The van der Waals surface area contributed by atoms with E-state index in [9.17, 15) is 22.9 Å². The largest absolute Gasteiger partial charge is 0.505 e. The molecule has 0 aliphatic rings. The van der Waals surface area contributed by atoms with Crippen molar-refractivity contribution in [2.75, 3.05) is 11.9 Å². The van der Waals surface area contributed by atoms with Crippen molar-refractivity contribution >= 4 is 67.1 Å². The smallest absolute Gasteiger partial charge is 0.294 e. The van der Waals surface area contributed by atoms with Crippen molar-refractivity contribution in [3.05, 3.63) is 81.8 Å². The Labute approximate surface area is 228 Å². The molecule has 0 spiro atoms. The SMILES string of the molecule is CCOc1cc(NC(=O)c2cc3ccccc3c(N=Nc3c(C)cc(S(=O)(=O)O)cc3Cl)c2O)ccc1Cl. The van der Waals surface area contributed by atoms with Gasteiger partial charge >= 0.3 is 0 Å². The van der Waals surface area contributed by atoms with Crippen molar-refractivity contribution in [1.82, 2.24) is 0 Å². The molecule has 0 fully saturated rings. The summed E-state index contributed by atoms with van der Waals surface area (Å²) in [4.78, 5) is 12.8. The number of fused-ring (bicyclic) bond motifs is 1. The second-order valence-corrected chi connectivity index (χ2v) is 10.4. The average molecular weight is 574 g/mol. The maximum atomic E-state index is 13.2. The van der Waals surface area contributed by atoms with Crippen LogP contribution in [0.2, 0.25) is 10.0 Å². The standard InChI is InChI=1S/C26H21Cl2N3O6S/c1-3-37-22-12-16(8-9-20(22)27)29-26(33)19-11-15-6-4-5-7-18(15)24(25(19)32)31-30-23-14(2)10-17(13-21(23)28)38(34,35)36/h4-13,32H,3H2,1-2H3,(H,29,33)(H,34,35,36). The molecule has 0 saturated carbocycles. The first-order valence-corrected chi connectivity index (χ1v) is 13.4. The van der Waals surface area contributed by atoms with E-state index in [0.717, 1.165) is 6.07 Å². The number of aromatic hydroxyl groups is 1. The number of benzene rings is 4. The lowest BCUT2D eigenvalue weighted by Crippen LogP contribution is -2.12. The molecule has 4 rings (SSSR count). The molecule has 1 amide bonds. The number of aryl methyl sites for hydroxylation is 1. The van der Waals surface area contributed by atoms with E-state index < -0.39 is 21.8 Å². The molecule has 0 aliphatic carbocycles. The molecule has 0 aliphatic heterocycles. The van der Waals surface area contributed by atoms with Gasteiger partial charge in [-0.25, -0.2) is 0 Å². The number of amides is 1. The third-order valence-electron chi connectivity index (χ3n) is 5.50. The number of nitrogens with one attached hydrogen (secondary N) is 1. The predicted octanol–water partition coefficient (Wildman–Crippen LogP) is 7.47. The molecule has 0 aromatic heterocycles. The van der Waals surface area contributed by atoms with E-state index in [4.69, 9.17) is 27.9 Å². The molecule has 0 radical (unpaired) electrons. The second kappa shape index (κ2) is 11.0. The highest BCUT2D eigenvalue weighted by Gasteiger charge is 2.20. The minimum atomic E-state index is -4.47. The van der Waals surface area contributed by atoms with Gasteiger partial charge in [-0.1, -0.05) is 47.5 Å². The summed E-state index contributed by atoms with van der Waals surface area (Å²) in [6, 6.07) is 15.5. The number of phenols is 1. The number of carbonyl (C=O) groups is 1. The predicted molar refractivity (Wildman–Crippen MR) is 146 cm³/mol. The molecule has 9 nitrogen and oxygen atoms in total. The van der Waals surface area contributed by atoms with E-state index in [2.05, 4.69) is 15.5 Å². The van der Waals surface area contributed by atoms with Crippen molar-refractivity contribution in [3.63, 3.8) is 0 Å². The maximum absolute atomic E-state index is 13.2. The molecule has 0 heterocycles. The first-order valence-electron chi connectivity index (χ1n) is 11.2. The van der Waals surface area contributed by atoms with Crippen LogP contribution in [0.5, 0.6) is 11.5 Å². The van der Waals surface area contributed by atoms with Gasteiger partial charge in [-0.3, -0.25) is 9.35 Å². The molecule has 38 heavy (non-hydrogen) atoms. The Kier molecular flexibility index (Phi) is 7.89. The minimum Gasteiger partial charge on any atom is -0.505 e. The van der Waals surface area contributed by atoms with E-state index in [1.165, 1.54) is 12.1 Å². The third-order valence-corrected chi connectivity index (χ3v) is 6.94. The zero-order valence-electron chi connectivity index (χ0n) is 20.1. The molecule has 0 unspecified atom stereocenters. The first-order chi connectivity index (χ1) is 18.0. The lowest BCUT2D eigenvalue weighted by atomic mass is 10.0. The summed E-state index contributed by atoms with van der Waals surface area (Å²) < 4.78 is 37.7. The maximum Gasteiger partial charge on any atom is 0.294 e. The Hall–Kier alpha value is -3.70. The average Bonchev–Trinajstić information content (AvgIpc) is 2.85. The fraction of sp³-hybridized carbons (Fsp3) is 0.115. The number of anilines is 1. The number of hydrogen-bond acceptors (Lipinski definition) is 7. The molecule has 0 atom stereocenters. The minimum absolute atomic E-state index is 0.00804. The normalized spacial score (nSPS) is 11.7. The molecular weight excluding hydrogens is 553 g/mol. The molecule has 0 saturated heterocycles. The van der Waals surface area contributed by atoms with Crippen LogP contribution >= 0.6 is 23.2 Å². The van der Waals surface area contributed by atoms with Crippen LogP contribution < -0.4 is 10.1 Å². The van der Waals surface area contributed by atoms with Crippen molar-refractivity contribution < 1.29 is 27.6 Å². The monoisotopic (exact) mass is 573 g/mol. The Bertz CT molecular complexity index is 1680. The molecule has 0 bridgehead atoms. The number of phenolic OH excluding ortho intramolecular Hbond substituents is 1. The summed E-state index contributed by atoms with van der Waals surface area (Å²) in [6.07, 6.45) is 0. The summed E-state index contributed by atoms with van der Waals surface area (Å²) in [5.41, 5.74) is 0.796. The van der Waals surface area contributed by atoms with Crippen molar-refractivity contribution in [2.45, 2.75) is 18.7 Å². The van der Waals surface area contributed by atoms with Crippen LogP contribution in [0.4, 0.5) is 17.1 Å². The first kappa shape index (κ1) is 27.3. The number of rotatable bonds is 7. The van der Waals surface area contributed by atoms with E-state index in [-0.39, 0.29) is 26.9 Å². The molecule has 196 valence electrons.